The normalized spacial score (nSPS) is 16.5. The molecule has 152 valence electrons. The number of carbonyl (C=O) groups excluding carboxylic acids is 2. The molecular formula is C23H21N3O3S. The third kappa shape index (κ3) is 3.21. The largest absolute Gasteiger partial charge is 0.503 e. The summed E-state index contributed by atoms with van der Waals surface area (Å²) in [4.78, 5) is 37.3. The van der Waals surface area contributed by atoms with Gasteiger partial charge in [-0.05, 0) is 57.0 Å². The van der Waals surface area contributed by atoms with Gasteiger partial charge in [-0.15, -0.1) is 11.3 Å². The molecule has 3 heterocycles. The van der Waals surface area contributed by atoms with Crippen molar-refractivity contribution in [2.24, 2.45) is 0 Å². The van der Waals surface area contributed by atoms with Crippen LogP contribution in [0.5, 0.6) is 0 Å². The Morgan fingerprint density at radius 3 is 2.53 bits per heavy atom. The molecule has 0 aliphatic carbocycles. The molecule has 0 spiro atoms. The highest BCUT2D eigenvalue weighted by atomic mass is 32.1. The van der Waals surface area contributed by atoms with E-state index >= 15 is 0 Å². The molecule has 0 saturated carbocycles. The van der Waals surface area contributed by atoms with E-state index in [0.717, 1.165) is 16.1 Å². The molecule has 3 aromatic rings. The maximum atomic E-state index is 13.5. The highest BCUT2D eigenvalue weighted by molar-refractivity contribution is 7.14. The zero-order valence-corrected chi connectivity index (χ0v) is 17.9. The SMILES string of the molecule is Cc1ccc(C)c(N2C(=O)C(O)=C(C(=O)c3sc(C)nc3C)C2c2ccccn2)c1. The molecule has 1 aliphatic heterocycles. The van der Waals surface area contributed by atoms with Gasteiger partial charge in [-0.2, -0.15) is 0 Å². The standard InChI is InChI=1S/C23H21N3O3S/c1-12-8-9-13(2)17(11-12)26-19(16-7-5-6-10-24-16)18(21(28)23(26)29)20(27)22-14(3)25-15(4)30-22/h5-11,19,28H,1-4H3. The molecular weight excluding hydrogens is 398 g/mol. The average Bonchev–Trinajstić information content (AvgIpc) is 3.20. The van der Waals surface area contributed by atoms with Gasteiger partial charge in [-0.1, -0.05) is 18.2 Å². The number of aliphatic hydroxyl groups excluding tert-OH is 1. The highest BCUT2D eigenvalue weighted by Gasteiger charge is 2.46. The van der Waals surface area contributed by atoms with E-state index in [9.17, 15) is 14.7 Å². The monoisotopic (exact) mass is 419 g/mol. The molecule has 1 aliphatic rings. The number of aryl methyl sites for hydroxylation is 4. The van der Waals surface area contributed by atoms with Crippen LogP contribution in [0.25, 0.3) is 0 Å². The number of nitrogens with zero attached hydrogens (tertiary/aromatic N) is 3. The van der Waals surface area contributed by atoms with Crippen molar-refractivity contribution < 1.29 is 14.7 Å². The summed E-state index contributed by atoms with van der Waals surface area (Å²) >= 11 is 1.26. The van der Waals surface area contributed by atoms with Crippen molar-refractivity contribution in [1.29, 1.82) is 0 Å². The number of aromatic nitrogens is 2. The molecule has 0 fully saturated rings. The quantitative estimate of drug-likeness (QED) is 0.627. The second kappa shape index (κ2) is 7.50. The van der Waals surface area contributed by atoms with Crippen molar-refractivity contribution in [3.63, 3.8) is 0 Å². The van der Waals surface area contributed by atoms with E-state index in [1.54, 1.807) is 31.3 Å². The summed E-state index contributed by atoms with van der Waals surface area (Å²) in [5.74, 6) is -1.55. The molecule has 1 aromatic carbocycles. The van der Waals surface area contributed by atoms with Crippen LogP contribution in [0, 0.1) is 27.7 Å². The number of benzene rings is 1. The number of ketones is 1. The minimum atomic E-state index is -0.825. The maximum absolute atomic E-state index is 13.5. The van der Waals surface area contributed by atoms with Gasteiger partial charge in [0.15, 0.2) is 5.76 Å². The molecule has 1 amide bonds. The van der Waals surface area contributed by atoms with Gasteiger partial charge < -0.3 is 5.11 Å². The number of rotatable bonds is 4. The Morgan fingerprint density at radius 1 is 1.13 bits per heavy atom. The summed E-state index contributed by atoms with van der Waals surface area (Å²) in [5.41, 5.74) is 3.60. The van der Waals surface area contributed by atoms with E-state index in [4.69, 9.17) is 0 Å². The van der Waals surface area contributed by atoms with Gasteiger partial charge in [-0.25, -0.2) is 4.98 Å². The summed E-state index contributed by atoms with van der Waals surface area (Å²) in [6.07, 6.45) is 1.61. The Bertz CT molecular complexity index is 1200. The van der Waals surface area contributed by atoms with E-state index in [2.05, 4.69) is 9.97 Å². The van der Waals surface area contributed by atoms with Gasteiger partial charge in [0, 0.05) is 11.9 Å². The Kier molecular flexibility index (Phi) is 4.99. The predicted octanol–water partition coefficient (Wildman–Crippen LogP) is 4.55. The minimum Gasteiger partial charge on any atom is -0.503 e. The molecule has 0 radical (unpaired) electrons. The van der Waals surface area contributed by atoms with E-state index in [1.165, 1.54) is 16.2 Å². The third-order valence-corrected chi connectivity index (χ3v) is 6.23. The van der Waals surface area contributed by atoms with Gasteiger partial charge in [-0.3, -0.25) is 19.5 Å². The van der Waals surface area contributed by atoms with Gasteiger partial charge in [0.2, 0.25) is 5.78 Å². The first kappa shape index (κ1) is 20.0. The number of amides is 1. The molecule has 0 bridgehead atoms. The summed E-state index contributed by atoms with van der Waals surface area (Å²) in [7, 11) is 0. The molecule has 7 heteroatoms. The first-order valence-electron chi connectivity index (χ1n) is 9.53. The topological polar surface area (TPSA) is 83.4 Å². The van der Waals surface area contributed by atoms with Crippen LogP contribution in [0.1, 0.15) is 43.2 Å². The van der Waals surface area contributed by atoms with Crippen LogP contribution in [0.4, 0.5) is 5.69 Å². The van der Waals surface area contributed by atoms with Crippen LogP contribution in [0.2, 0.25) is 0 Å². The molecule has 4 rings (SSSR count). The van der Waals surface area contributed by atoms with E-state index in [0.29, 0.717) is 22.0 Å². The van der Waals surface area contributed by atoms with E-state index < -0.39 is 23.5 Å². The van der Waals surface area contributed by atoms with E-state index in [1.807, 2.05) is 39.0 Å². The first-order valence-corrected chi connectivity index (χ1v) is 10.3. The number of aliphatic hydroxyl groups is 1. The molecule has 30 heavy (non-hydrogen) atoms. The van der Waals surface area contributed by atoms with Crippen molar-refractivity contribution in [3.8, 4) is 0 Å². The van der Waals surface area contributed by atoms with Gasteiger partial charge in [0.25, 0.3) is 5.91 Å². The Hall–Kier alpha value is -3.32. The Morgan fingerprint density at radius 2 is 1.90 bits per heavy atom. The number of hydrogen-bond donors (Lipinski definition) is 1. The first-order chi connectivity index (χ1) is 14.3. The lowest BCUT2D eigenvalue weighted by Crippen LogP contribution is -2.32. The molecule has 1 N–H and O–H groups in total. The highest BCUT2D eigenvalue weighted by Crippen LogP contribution is 2.43. The third-order valence-electron chi connectivity index (χ3n) is 5.15. The smallest absolute Gasteiger partial charge is 0.294 e. The molecule has 0 saturated heterocycles. The average molecular weight is 420 g/mol. The second-order valence-corrected chi connectivity index (χ2v) is 8.56. The zero-order chi connectivity index (χ0) is 21.6. The van der Waals surface area contributed by atoms with Crippen LogP contribution in [0.3, 0.4) is 0 Å². The lowest BCUT2D eigenvalue weighted by Gasteiger charge is -2.27. The lowest BCUT2D eigenvalue weighted by molar-refractivity contribution is -0.117. The number of Topliss-reactive ketones (excluding diaryl/α,β-unsaturated/α-hetero) is 1. The van der Waals surface area contributed by atoms with Crippen molar-refractivity contribution in [3.05, 3.63) is 86.3 Å². The minimum absolute atomic E-state index is 0.0337. The summed E-state index contributed by atoms with van der Waals surface area (Å²) in [6.45, 7) is 7.40. The van der Waals surface area contributed by atoms with Crippen LogP contribution in [-0.4, -0.2) is 26.8 Å². The lowest BCUT2D eigenvalue weighted by atomic mass is 9.97. The fourth-order valence-electron chi connectivity index (χ4n) is 3.75. The number of pyridine rings is 1. The molecule has 1 atom stereocenters. The zero-order valence-electron chi connectivity index (χ0n) is 17.1. The number of anilines is 1. The second-order valence-electron chi connectivity index (χ2n) is 7.36. The fourth-order valence-corrected chi connectivity index (χ4v) is 4.62. The maximum Gasteiger partial charge on any atom is 0.294 e. The van der Waals surface area contributed by atoms with Crippen LogP contribution < -0.4 is 4.90 Å². The molecule has 1 unspecified atom stereocenters. The molecule has 6 nitrogen and oxygen atoms in total. The van der Waals surface area contributed by atoms with Crippen LogP contribution >= 0.6 is 11.3 Å². The van der Waals surface area contributed by atoms with Crippen molar-refractivity contribution >= 4 is 28.7 Å². The summed E-state index contributed by atoms with van der Waals surface area (Å²) < 4.78 is 0. The summed E-state index contributed by atoms with van der Waals surface area (Å²) in [5, 5.41) is 11.6. The van der Waals surface area contributed by atoms with Gasteiger partial charge >= 0.3 is 0 Å². The fraction of sp³-hybridized carbons (Fsp3) is 0.217. The van der Waals surface area contributed by atoms with Gasteiger partial charge in [0.1, 0.15) is 6.04 Å². The Balaban J connectivity index is 1.92. The van der Waals surface area contributed by atoms with Crippen molar-refractivity contribution in [2.75, 3.05) is 4.90 Å². The predicted molar refractivity (Wildman–Crippen MR) is 116 cm³/mol. The number of carbonyl (C=O) groups is 2. The van der Waals surface area contributed by atoms with Crippen LogP contribution in [-0.2, 0) is 4.79 Å². The van der Waals surface area contributed by atoms with E-state index in [-0.39, 0.29) is 5.57 Å². The molecule has 2 aromatic heterocycles. The van der Waals surface area contributed by atoms with Crippen LogP contribution in [0.15, 0.2) is 53.9 Å². The van der Waals surface area contributed by atoms with Gasteiger partial charge in [0.05, 0.1) is 26.8 Å². The van der Waals surface area contributed by atoms with Crippen molar-refractivity contribution in [1.82, 2.24) is 9.97 Å². The number of hydrogen-bond acceptors (Lipinski definition) is 6. The Labute approximate surface area is 178 Å². The number of thiazole rings is 1. The van der Waals surface area contributed by atoms with Crippen molar-refractivity contribution in [2.45, 2.75) is 33.7 Å². The summed E-state index contributed by atoms with van der Waals surface area (Å²) in [6, 6.07) is 10.3.